The van der Waals surface area contributed by atoms with Crippen LogP contribution < -0.4 is 5.73 Å². The van der Waals surface area contributed by atoms with Crippen LogP contribution in [0.4, 0.5) is 0 Å². The van der Waals surface area contributed by atoms with Crippen molar-refractivity contribution in [1.29, 1.82) is 0 Å². The molecule has 134 valence electrons. The molecule has 0 heterocycles. The number of amides is 1. The third-order valence-corrected chi connectivity index (χ3v) is 5.53. The molecule has 2 N–H and O–H groups in total. The standard InChI is InChI=1S/C25H17NO2/c26-25(28)18-10-11-20-17(13-18)7-8-19(14-27)24(20)22-12-9-16-4-1-3-15-5-2-6-21(22)23(15)16/h1-4,6-14H,5H2,(H2,26,28). The second-order valence-corrected chi connectivity index (χ2v) is 7.10. The fourth-order valence-electron chi connectivity index (χ4n) is 4.25. The summed E-state index contributed by atoms with van der Waals surface area (Å²) in [5.74, 6) is -0.462. The molecule has 0 atom stereocenters. The number of nitrogens with two attached hydrogens (primary N) is 1. The van der Waals surface area contributed by atoms with Gasteiger partial charge >= 0.3 is 0 Å². The van der Waals surface area contributed by atoms with Crippen LogP contribution in [0.15, 0.2) is 66.7 Å². The Morgan fingerprint density at radius 2 is 1.82 bits per heavy atom. The average Bonchev–Trinajstić information content (AvgIpc) is 2.73. The molecule has 1 amide bonds. The lowest BCUT2D eigenvalue weighted by atomic mass is 9.84. The summed E-state index contributed by atoms with van der Waals surface area (Å²) in [7, 11) is 0. The van der Waals surface area contributed by atoms with Crippen molar-refractivity contribution in [2.24, 2.45) is 5.73 Å². The van der Waals surface area contributed by atoms with Crippen molar-refractivity contribution in [1.82, 2.24) is 0 Å². The summed E-state index contributed by atoms with van der Waals surface area (Å²) < 4.78 is 0. The Labute approximate surface area is 162 Å². The molecular weight excluding hydrogens is 346 g/mol. The van der Waals surface area contributed by atoms with E-state index < -0.39 is 5.91 Å². The number of carbonyl (C=O) groups excluding carboxylic acids is 2. The Balaban J connectivity index is 1.89. The number of rotatable bonds is 3. The average molecular weight is 363 g/mol. The maximum Gasteiger partial charge on any atom is 0.248 e. The minimum atomic E-state index is -0.462. The van der Waals surface area contributed by atoms with Gasteiger partial charge in [0.2, 0.25) is 5.91 Å². The van der Waals surface area contributed by atoms with Crippen LogP contribution >= 0.6 is 0 Å². The van der Waals surface area contributed by atoms with E-state index in [1.165, 1.54) is 16.3 Å². The summed E-state index contributed by atoms with van der Waals surface area (Å²) in [6, 6.07) is 19.6. The monoisotopic (exact) mass is 363 g/mol. The molecule has 5 rings (SSSR count). The zero-order valence-corrected chi connectivity index (χ0v) is 15.1. The summed E-state index contributed by atoms with van der Waals surface area (Å²) in [4.78, 5) is 23.4. The topological polar surface area (TPSA) is 60.2 Å². The van der Waals surface area contributed by atoms with Crippen LogP contribution in [-0.2, 0) is 6.42 Å². The zero-order valence-electron chi connectivity index (χ0n) is 15.1. The summed E-state index contributed by atoms with van der Waals surface area (Å²) in [6.07, 6.45) is 6.12. The summed E-state index contributed by atoms with van der Waals surface area (Å²) in [5, 5.41) is 4.26. The van der Waals surface area contributed by atoms with Crippen molar-refractivity contribution in [3.05, 3.63) is 89.0 Å². The lowest BCUT2D eigenvalue weighted by molar-refractivity contribution is 0.1000. The van der Waals surface area contributed by atoms with Gasteiger partial charge < -0.3 is 5.73 Å². The van der Waals surface area contributed by atoms with Crippen LogP contribution in [0.1, 0.15) is 31.8 Å². The zero-order chi connectivity index (χ0) is 19.3. The molecule has 0 aliphatic heterocycles. The molecule has 0 unspecified atom stereocenters. The first-order chi connectivity index (χ1) is 13.7. The van der Waals surface area contributed by atoms with E-state index in [0.29, 0.717) is 11.1 Å². The Bertz CT molecular complexity index is 1330. The van der Waals surface area contributed by atoms with Gasteiger partial charge in [0.1, 0.15) is 0 Å². The molecule has 0 aromatic heterocycles. The van der Waals surface area contributed by atoms with Gasteiger partial charge in [-0.15, -0.1) is 0 Å². The van der Waals surface area contributed by atoms with Crippen molar-refractivity contribution < 1.29 is 9.59 Å². The smallest absolute Gasteiger partial charge is 0.248 e. The van der Waals surface area contributed by atoms with E-state index in [0.717, 1.165) is 40.2 Å². The van der Waals surface area contributed by atoms with E-state index in [1.807, 2.05) is 18.2 Å². The number of allylic oxidation sites excluding steroid dienone is 1. The molecule has 28 heavy (non-hydrogen) atoms. The third kappa shape index (κ3) is 2.37. The number of hydrogen-bond acceptors (Lipinski definition) is 2. The number of aldehydes is 1. The minimum absolute atomic E-state index is 0.458. The van der Waals surface area contributed by atoms with Gasteiger partial charge in [0.25, 0.3) is 0 Å². The fourth-order valence-corrected chi connectivity index (χ4v) is 4.25. The molecule has 0 saturated carbocycles. The van der Waals surface area contributed by atoms with Crippen molar-refractivity contribution >= 4 is 39.8 Å². The normalized spacial score (nSPS) is 12.4. The van der Waals surface area contributed by atoms with E-state index in [-0.39, 0.29) is 0 Å². The first-order valence-corrected chi connectivity index (χ1v) is 9.20. The van der Waals surface area contributed by atoms with Gasteiger partial charge in [-0.2, -0.15) is 0 Å². The number of benzene rings is 4. The molecule has 1 aliphatic carbocycles. The van der Waals surface area contributed by atoms with Gasteiger partial charge in [-0.3, -0.25) is 9.59 Å². The van der Waals surface area contributed by atoms with Crippen LogP contribution in [0.3, 0.4) is 0 Å². The van der Waals surface area contributed by atoms with Crippen LogP contribution in [0.5, 0.6) is 0 Å². The molecule has 4 aromatic carbocycles. The summed E-state index contributed by atoms with van der Waals surface area (Å²) >= 11 is 0. The molecule has 1 aliphatic rings. The highest BCUT2D eigenvalue weighted by Crippen LogP contribution is 2.40. The van der Waals surface area contributed by atoms with Gasteiger partial charge in [0.05, 0.1) is 0 Å². The summed E-state index contributed by atoms with van der Waals surface area (Å²) in [5.41, 5.74) is 10.9. The van der Waals surface area contributed by atoms with Crippen molar-refractivity contribution in [3.8, 4) is 11.1 Å². The molecule has 0 fully saturated rings. The maximum absolute atomic E-state index is 11.9. The fraction of sp³-hybridized carbons (Fsp3) is 0.0400. The number of fused-ring (bicyclic) bond motifs is 1. The Morgan fingerprint density at radius 3 is 2.64 bits per heavy atom. The third-order valence-electron chi connectivity index (χ3n) is 5.53. The predicted molar refractivity (Wildman–Crippen MR) is 114 cm³/mol. The maximum atomic E-state index is 11.9. The van der Waals surface area contributed by atoms with Crippen molar-refractivity contribution in [2.75, 3.05) is 0 Å². The van der Waals surface area contributed by atoms with Crippen molar-refractivity contribution in [2.45, 2.75) is 6.42 Å². The molecule has 3 heteroatoms. The highest BCUT2D eigenvalue weighted by molar-refractivity contribution is 6.11. The molecule has 4 aromatic rings. The minimum Gasteiger partial charge on any atom is -0.366 e. The van der Waals surface area contributed by atoms with E-state index in [9.17, 15) is 9.59 Å². The molecular formula is C25H17NO2. The van der Waals surface area contributed by atoms with Gasteiger partial charge in [-0.1, -0.05) is 60.7 Å². The Morgan fingerprint density at radius 1 is 0.964 bits per heavy atom. The Kier molecular flexibility index (Phi) is 3.63. The number of hydrogen-bond donors (Lipinski definition) is 1. The predicted octanol–water partition coefficient (Wildman–Crippen LogP) is 5.14. The van der Waals surface area contributed by atoms with Gasteiger partial charge in [-0.05, 0) is 56.8 Å². The quantitative estimate of drug-likeness (QED) is 0.512. The first-order valence-electron chi connectivity index (χ1n) is 9.20. The molecule has 0 bridgehead atoms. The van der Waals surface area contributed by atoms with Crippen LogP contribution in [0.25, 0.3) is 38.7 Å². The number of carbonyl (C=O) groups is 2. The molecule has 0 radical (unpaired) electrons. The lowest BCUT2D eigenvalue weighted by Crippen LogP contribution is -2.10. The molecule has 3 nitrogen and oxygen atoms in total. The van der Waals surface area contributed by atoms with E-state index in [1.54, 1.807) is 12.1 Å². The highest BCUT2D eigenvalue weighted by Gasteiger charge is 2.18. The van der Waals surface area contributed by atoms with Crippen LogP contribution in [0.2, 0.25) is 0 Å². The van der Waals surface area contributed by atoms with E-state index >= 15 is 0 Å². The first kappa shape index (κ1) is 16.5. The van der Waals surface area contributed by atoms with Crippen molar-refractivity contribution in [3.63, 3.8) is 0 Å². The van der Waals surface area contributed by atoms with Crippen LogP contribution in [-0.4, -0.2) is 12.2 Å². The second kappa shape index (κ2) is 6.17. The van der Waals surface area contributed by atoms with Gasteiger partial charge in [0, 0.05) is 16.7 Å². The van der Waals surface area contributed by atoms with Crippen LogP contribution in [0, 0.1) is 0 Å². The Hall–Kier alpha value is -3.72. The largest absolute Gasteiger partial charge is 0.366 e. The number of primary amides is 1. The lowest BCUT2D eigenvalue weighted by Gasteiger charge is -2.19. The summed E-state index contributed by atoms with van der Waals surface area (Å²) in [6.45, 7) is 0. The SMILES string of the molecule is NC(=O)c1ccc2c(-c3ccc4cccc5c4c3C=CC5)c(C=O)ccc2c1. The van der Waals surface area contributed by atoms with E-state index in [2.05, 4.69) is 42.5 Å². The second-order valence-electron chi connectivity index (χ2n) is 7.10. The van der Waals surface area contributed by atoms with Gasteiger partial charge in [-0.25, -0.2) is 0 Å². The molecule has 0 spiro atoms. The van der Waals surface area contributed by atoms with E-state index in [4.69, 9.17) is 5.73 Å². The highest BCUT2D eigenvalue weighted by atomic mass is 16.1. The molecule has 0 saturated heterocycles. The van der Waals surface area contributed by atoms with Gasteiger partial charge in [0.15, 0.2) is 6.29 Å².